The van der Waals surface area contributed by atoms with Crippen molar-refractivity contribution in [3.8, 4) is 11.3 Å². The quantitative estimate of drug-likeness (QED) is 0.255. The highest BCUT2D eigenvalue weighted by Gasteiger charge is 2.12. The van der Waals surface area contributed by atoms with Gasteiger partial charge in [0.25, 0.3) is 0 Å². The number of rotatable bonds is 8. The first kappa shape index (κ1) is 21.2. The molecule has 3 N–H and O–H groups in total. The molecule has 0 saturated heterocycles. The van der Waals surface area contributed by atoms with Crippen LogP contribution in [0.25, 0.3) is 16.9 Å². The van der Waals surface area contributed by atoms with Gasteiger partial charge in [0, 0.05) is 41.6 Å². The average molecular weight is 431 g/mol. The third-order valence-electron chi connectivity index (χ3n) is 5.08. The number of hydrogen-bond donors (Lipinski definition) is 2. The fourth-order valence-electron chi connectivity index (χ4n) is 3.56. The summed E-state index contributed by atoms with van der Waals surface area (Å²) >= 11 is 6.39. The van der Waals surface area contributed by atoms with E-state index in [9.17, 15) is 0 Å². The van der Waals surface area contributed by atoms with Crippen LogP contribution in [0.15, 0.2) is 60.8 Å². The number of benzene rings is 2. The lowest BCUT2D eigenvalue weighted by molar-refractivity contribution is 0.325. The van der Waals surface area contributed by atoms with Gasteiger partial charge in [-0.25, -0.2) is 4.98 Å². The van der Waals surface area contributed by atoms with Crippen molar-refractivity contribution >= 4 is 42.1 Å². The Bertz CT molecular complexity index is 1190. The molecular weight excluding hydrogens is 407 g/mol. The number of nitrogen functional groups attached to an aromatic ring is 1. The third kappa shape index (κ3) is 5.01. The summed E-state index contributed by atoms with van der Waals surface area (Å²) in [6.45, 7) is 2.58. The lowest BCUT2D eigenvalue weighted by Gasteiger charge is -2.17. The molecule has 31 heavy (non-hydrogen) atoms. The van der Waals surface area contributed by atoms with E-state index in [2.05, 4.69) is 33.4 Å². The number of nitrogens with zero attached hydrogens (tertiary/aromatic N) is 4. The zero-order valence-corrected chi connectivity index (χ0v) is 18.2. The lowest BCUT2D eigenvalue weighted by Crippen LogP contribution is -2.21. The second-order valence-electron chi connectivity index (χ2n) is 7.60. The van der Waals surface area contributed by atoms with Crippen LogP contribution in [0.2, 0.25) is 5.02 Å². The molecule has 0 aliphatic heterocycles. The molecule has 0 atom stereocenters. The van der Waals surface area contributed by atoms with E-state index in [4.69, 9.17) is 25.2 Å². The molecule has 2 radical (unpaired) electrons. The molecule has 0 aliphatic rings. The maximum atomic E-state index is 6.39. The highest BCUT2D eigenvalue weighted by Crippen LogP contribution is 2.28. The fourth-order valence-corrected chi connectivity index (χ4v) is 3.79. The third-order valence-corrected chi connectivity index (χ3v) is 5.40. The molecule has 8 heteroatoms. The number of nitrogens with one attached hydrogen (secondary N) is 1. The maximum Gasteiger partial charge on any atom is 0.150 e. The first-order valence-corrected chi connectivity index (χ1v) is 10.5. The van der Waals surface area contributed by atoms with Gasteiger partial charge in [0.05, 0.1) is 5.69 Å². The Balaban J connectivity index is 1.44. The summed E-state index contributed by atoms with van der Waals surface area (Å²) in [5.74, 6) is 0.829. The molecule has 4 aromatic rings. The molecule has 6 nitrogen and oxygen atoms in total. The predicted molar refractivity (Wildman–Crippen MR) is 129 cm³/mol. The van der Waals surface area contributed by atoms with Gasteiger partial charge in [0.2, 0.25) is 0 Å². The van der Waals surface area contributed by atoms with Gasteiger partial charge in [-0.05, 0) is 49.2 Å². The highest BCUT2D eigenvalue weighted by atomic mass is 35.5. The molecule has 0 unspecified atom stereocenters. The molecule has 0 fully saturated rings. The molecule has 156 valence electrons. The van der Waals surface area contributed by atoms with E-state index in [1.165, 1.54) is 5.56 Å². The Morgan fingerprint density at radius 2 is 2.00 bits per heavy atom. The van der Waals surface area contributed by atoms with E-state index in [0.717, 1.165) is 48.8 Å². The van der Waals surface area contributed by atoms with E-state index in [-0.39, 0.29) is 0 Å². The van der Waals surface area contributed by atoms with Gasteiger partial charge in [-0.2, -0.15) is 9.61 Å². The molecule has 2 aromatic heterocycles. The second kappa shape index (κ2) is 9.41. The van der Waals surface area contributed by atoms with Crippen LogP contribution >= 0.6 is 11.6 Å². The van der Waals surface area contributed by atoms with Crippen LogP contribution in [-0.4, -0.2) is 47.5 Å². The number of nitrogens with two attached hydrogens (primary N) is 1. The first-order chi connectivity index (χ1) is 15.0. The maximum absolute atomic E-state index is 6.39. The Hall–Kier alpha value is -3.03. The number of anilines is 2. The summed E-state index contributed by atoms with van der Waals surface area (Å²) in [6.07, 6.45) is 2.57. The molecule has 0 bridgehead atoms. The van der Waals surface area contributed by atoms with Gasteiger partial charge >= 0.3 is 0 Å². The molecule has 0 aliphatic carbocycles. The van der Waals surface area contributed by atoms with Gasteiger partial charge in [-0.1, -0.05) is 41.9 Å². The van der Waals surface area contributed by atoms with Crippen molar-refractivity contribution in [2.75, 3.05) is 31.2 Å². The van der Waals surface area contributed by atoms with Crippen molar-refractivity contribution in [1.82, 2.24) is 19.5 Å². The lowest BCUT2D eigenvalue weighted by atomic mass is 10.0. The zero-order valence-electron chi connectivity index (χ0n) is 17.4. The molecule has 2 heterocycles. The minimum Gasteiger partial charge on any atom is -0.399 e. The van der Waals surface area contributed by atoms with Gasteiger partial charge in [-0.15, -0.1) is 0 Å². The monoisotopic (exact) mass is 430 g/mol. The van der Waals surface area contributed by atoms with Crippen LogP contribution in [0, 0.1) is 0 Å². The average Bonchev–Trinajstić information content (AvgIpc) is 3.12. The van der Waals surface area contributed by atoms with Crippen LogP contribution < -0.4 is 16.5 Å². The van der Waals surface area contributed by atoms with Crippen LogP contribution in [0.5, 0.6) is 0 Å². The minimum atomic E-state index is 0.527. The summed E-state index contributed by atoms with van der Waals surface area (Å²) < 4.78 is 1.73. The van der Waals surface area contributed by atoms with Gasteiger partial charge in [0.15, 0.2) is 5.65 Å². The number of halogens is 1. The van der Waals surface area contributed by atoms with Crippen LogP contribution in [0.4, 0.5) is 11.5 Å². The molecule has 0 saturated carbocycles. The summed E-state index contributed by atoms with van der Waals surface area (Å²) in [6, 6.07) is 17.6. The topological polar surface area (TPSA) is 71.5 Å². The number of aromatic nitrogens is 3. The minimum absolute atomic E-state index is 0.527. The summed E-state index contributed by atoms with van der Waals surface area (Å²) in [5, 5.41) is 8.48. The standard InChI is InChI=1S/C23H24BClN6/c1-30(15-16-6-4-7-17(26)12-16)11-5-10-27-22-13-21(18-8-2-3-9-20(18)25)29-23-19(24)14-28-31(22)23/h2-4,6-9,12-14,27H,5,10-11,15,26H2,1H3. The van der Waals surface area contributed by atoms with Crippen LogP contribution in [0.3, 0.4) is 0 Å². The molecule has 4 rings (SSSR count). The van der Waals surface area contributed by atoms with Crippen molar-refractivity contribution in [3.05, 3.63) is 71.4 Å². The van der Waals surface area contributed by atoms with Crippen molar-refractivity contribution in [3.63, 3.8) is 0 Å². The summed E-state index contributed by atoms with van der Waals surface area (Å²) in [5.41, 5.74) is 10.6. The van der Waals surface area contributed by atoms with E-state index >= 15 is 0 Å². The van der Waals surface area contributed by atoms with Gasteiger partial charge in [0.1, 0.15) is 13.7 Å². The van der Waals surface area contributed by atoms with Gasteiger partial charge in [-0.3, -0.25) is 0 Å². The smallest absolute Gasteiger partial charge is 0.150 e. The normalized spacial score (nSPS) is 11.3. The Morgan fingerprint density at radius 1 is 1.16 bits per heavy atom. The van der Waals surface area contributed by atoms with Crippen molar-refractivity contribution < 1.29 is 0 Å². The molecular formula is C23H24BClN6. The molecule has 0 amide bonds. The van der Waals surface area contributed by atoms with Crippen molar-refractivity contribution in [2.45, 2.75) is 13.0 Å². The van der Waals surface area contributed by atoms with Crippen molar-refractivity contribution in [2.24, 2.45) is 0 Å². The van der Waals surface area contributed by atoms with Crippen LogP contribution in [0.1, 0.15) is 12.0 Å². The SMILES string of the molecule is [B]c1cnn2c(NCCCN(C)Cc3cccc(N)c3)cc(-c3ccccc3Cl)nc12. The predicted octanol–water partition coefficient (Wildman–Crippen LogP) is 3.36. The van der Waals surface area contributed by atoms with Crippen LogP contribution in [-0.2, 0) is 6.54 Å². The Kier molecular flexibility index (Phi) is 6.44. The van der Waals surface area contributed by atoms with Crippen molar-refractivity contribution in [1.29, 1.82) is 0 Å². The van der Waals surface area contributed by atoms with E-state index < -0.39 is 0 Å². The second-order valence-corrected chi connectivity index (χ2v) is 8.01. The van der Waals surface area contributed by atoms with E-state index in [1.54, 1.807) is 10.7 Å². The highest BCUT2D eigenvalue weighted by molar-refractivity contribution is 6.36. The van der Waals surface area contributed by atoms with E-state index in [0.29, 0.717) is 16.1 Å². The fraction of sp³-hybridized carbons (Fsp3) is 0.217. The summed E-state index contributed by atoms with van der Waals surface area (Å²) in [4.78, 5) is 6.95. The number of fused-ring (bicyclic) bond motifs is 1. The zero-order chi connectivity index (χ0) is 21.8. The largest absolute Gasteiger partial charge is 0.399 e. The Morgan fingerprint density at radius 3 is 2.81 bits per heavy atom. The van der Waals surface area contributed by atoms with E-state index in [1.807, 2.05) is 48.5 Å². The Labute approximate surface area is 188 Å². The number of hydrogen-bond acceptors (Lipinski definition) is 5. The first-order valence-electron chi connectivity index (χ1n) is 10.2. The summed E-state index contributed by atoms with van der Waals surface area (Å²) in [7, 11) is 8.20. The molecule has 0 spiro atoms. The van der Waals surface area contributed by atoms with Gasteiger partial charge < -0.3 is 16.0 Å². The molecule has 2 aromatic carbocycles.